The number of hydrogen-bond donors (Lipinski definition) is 0. The summed E-state index contributed by atoms with van der Waals surface area (Å²) >= 11 is 0. The lowest BCUT2D eigenvalue weighted by molar-refractivity contribution is -0.384. The Kier molecular flexibility index (Phi) is 2.44. The lowest BCUT2D eigenvalue weighted by Crippen LogP contribution is -2.05. The van der Waals surface area contributed by atoms with Crippen LogP contribution in [0.3, 0.4) is 0 Å². The summed E-state index contributed by atoms with van der Waals surface area (Å²) in [6.07, 6.45) is 0. The molecule has 2 aromatic carbocycles. The van der Waals surface area contributed by atoms with Gasteiger partial charge >= 0.3 is 0 Å². The van der Waals surface area contributed by atoms with E-state index in [2.05, 4.69) is 4.98 Å². The molecule has 0 atom stereocenters. The van der Waals surface area contributed by atoms with Gasteiger partial charge in [-0.05, 0) is 18.2 Å². The third kappa shape index (κ3) is 1.76. The van der Waals surface area contributed by atoms with Crippen molar-refractivity contribution in [3.63, 3.8) is 0 Å². The van der Waals surface area contributed by atoms with Gasteiger partial charge in [-0.2, -0.15) is 0 Å². The molecule has 4 rings (SSSR count). The van der Waals surface area contributed by atoms with Gasteiger partial charge in [0.25, 0.3) is 5.69 Å². The number of ether oxygens (including phenoxy) is 1. The van der Waals surface area contributed by atoms with Crippen LogP contribution < -0.4 is 4.74 Å². The second-order valence-electron chi connectivity index (χ2n) is 4.86. The molecule has 0 saturated carbocycles. The molecule has 0 radical (unpaired) electrons. The molecule has 1 aromatic heterocycles. The van der Waals surface area contributed by atoms with Crippen molar-refractivity contribution in [1.29, 1.82) is 0 Å². The van der Waals surface area contributed by atoms with Gasteiger partial charge < -0.3 is 9.30 Å². The Hall–Kier alpha value is -2.89. The van der Waals surface area contributed by atoms with E-state index < -0.39 is 4.92 Å². The molecular formula is C15H11N3O3. The second-order valence-corrected chi connectivity index (χ2v) is 4.86. The summed E-state index contributed by atoms with van der Waals surface area (Å²) in [4.78, 5) is 15.1. The number of non-ortho nitro benzene ring substituents is 1. The lowest BCUT2D eigenvalue weighted by Gasteiger charge is -2.04. The number of nitro benzene ring substituents is 1. The van der Waals surface area contributed by atoms with Crippen LogP contribution in [0.5, 0.6) is 5.75 Å². The Labute approximate surface area is 119 Å². The molecule has 0 saturated heterocycles. The van der Waals surface area contributed by atoms with E-state index >= 15 is 0 Å². The molecular weight excluding hydrogens is 270 g/mol. The zero-order valence-corrected chi connectivity index (χ0v) is 11.0. The molecule has 104 valence electrons. The van der Waals surface area contributed by atoms with Crippen LogP contribution in [0.25, 0.3) is 22.4 Å². The number of rotatable bonds is 1. The molecule has 0 amide bonds. The molecule has 1 aliphatic heterocycles. The van der Waals surface area contributed by atoms with Crippen molar-refractivity contribution in [1.82, 2.24) is 9.55 Å². The normalized spacial score (nSPS) is 13.1. The van der Waals surface area contributed by atoms with Gasteiger partial charge in [0.2, 0.25) is 0 Å². The average molecular weight is 281 g/mol. The minimum Gasteiger partial charge on any atom is -0.491 e. The largest absolute Gasteiger partial charge is 0.491 e. The van der Waals surface area contributed by atoms with E-state index in [0.29, 0.717) is 18.7 Å². The maximum atomic E-state index is 10.9. The number of benzene rings is 2. The average Bonchev–Trinajstić information content (AvgIpc) is 2.75. The van der Waals surface area contributed by atoms with E-state index in [1.807, 2.05) is 28.8 Å². The van der Waals surface area contributed by atoms with Crippen molar-refractivity contribution in [2.24, 2.45) is 0 Å². The summed E-state index contributed by atoms with van der Waals surface area (Å²) in [5, 5.41) is 10.9. The van der Waals surface area contributed by atoms with Gasteiger partial charge in [-0.25, -0.2) is 4.98 Å². The molecule has 0 spiro atoms. The predicted molar refractivity (Wildman–Crippen MR) is 77.3 cm³/mol. The minimum atomic E-state index is -0.402. The third-order valence-corrected chi connectivity index (χ3v) is 3.64. The Bertz CT molecular complexity index is 870. The molecule has 21 heavy (non-hydrogen) atoms. The van der Waals surface area contributed by atoms with Crippen LogP contribution in [0.15, 0.2) is 42.5 Å². The summed E-state index contributed by atoms with van der Waals surface area (Å²) in [6.45, 7) is 1.21. The number of nitrogens with zero attached hydrogens (tertiary/aromatic N) is 3. The molecule has 0 N–H and O–H groups in total. The first-order valence-electron chi connectivity index (χ1n) is 6.61. The van der Waals surface area contributed by atoms with Crippen molar-refractivity contribution in [3.05, 3.63) is 52.6 Å². The van der Waals surface area contributed by atoms with Gasteiger partial charge in [-0.3, -0.25) is 10.1 Å². The topological polar surface area (TPSA) is 70.2 Å². The summed E-state index contributed by atoms with van der Waals surface area (Å²) in [6, 6.07) is 12.5. The summed E-state index contributed by atoms with van der Waals surface area (Å²) < 4.78 is 7.78. The number of nitro groups is 1. The first kappa shape index (κ1) is 11.9. The highest BCUT2D eigenvalue weighted by molar-refractivity contribution is 5.84. The highest BCUT2D eigenvalue weighted by atomic mass is 16.6. The first-order valence-corrected chi connectivity index (χ1v) is 6.61. The van der Waals surface area contributed by atoms with E-state index in [0.717, 1.165) is 22.7 Å². The number of hydrogen-bond acceptors (Lipinski definition) is 4. The quantitative estimate of drug-likeness (QED) is 0.508. The SMILES string of the molecule is O=[N+]([O-])c1ccc2c(c1)nc1n2CCOc2ccccc2-1. The molecule has 0 fully saturated rings. The van der Waals surface area contributed by atoms with E-state index in [9.17, 15) is 10.1 Å². The number of para-hydroxylation sites is 1. The van der Waals surface area contributed by atoms with Crippen LogP contribution in [0.2, 0.25) is 0 Å². The van der Waals surface area contributed by atoms with Crippen molar-refractivity contribution < 1.29 is 9.66 Å². The first-order chi connectivity index (χ1) is 10.2. The van der Waals surface area contributed by atoms with Crippen LogP contribution in [0, 0.1) is 10.1 Å². The van der Waals surface area contributed by atoms with Crippen LogP contribution in [0.4, 0.5) is 5.69 Å². The van der Waals surface area contributed by atoms with Crippen molar-refractivity contribution in [2.45, 2.75) is 6.54 Å². The maximum absolute atomic E-state index is 10.9. The van der Waals surface area contributed by atoms with Crippen LogP contribution in [-0.4, -0.2) is 21.1 Å². The molecule has 6 nitrogen and oxygen atoms in total. The fourth-order valence-corrected chi connectivity index (χ4v) is 2.69. The molecule has 2 heterocycles. The zero-order chi connectivity index (χ0) is 14.4. The predicted octanol–water partition coefficient (Wildman–Crippen LogP) is 3.00. The summed E-state index contributed by atoms with van der Waals surface area (Å²) in [5.41, 5.74) is 2.49. The standard InChI is InChI=1S/C15H11N3O3/c19-18(20)10-5-6-13-12(9-10)16-15-11-3-1-2-4-14(11)21-8-7-17(13)15/h1-6,9H,7-8H2. The molecule has 0 bridgehead atoms. The zero-order valence-electron chi connectivity index (χ0n) is 11.0. The number of fused-ring (bicyclic) bond motifs is 5. The fourth-order valence-electron chi connectivity index (χ4n) is 2.69. The summed E-state index contributed by atoms with van der Waals surface area (Å²) in [7, 11) is 0. The smallest absolute Gasteiger partial charge is 0.271 e. The van der Waals surface area contributed by atoms with Gasteiger partial charge in [-0.1, -0.05) is 12.1 Å². The van der Waals surface area contributed by atoms with E-state index in [1.54, 1.807) is 6.07 Å². The summed E-state index contributed by atoms with van der Waals surface area (Å²) in [5.74, 6) is 1.58. The lowest BCUT2D eigenvalue weighted by atomic mass is 10.2. The Balaban J connectivity index is 2.01. The van der Waals surface area contributed by atoms with E-state index in [-0.39, 0.29) is 5.69 Å². The molecule has 6 heteroatoms. The molecule has 0 aliphatic carbocycles. The molecule has 3 aromatic rings. The van der Waals surface area contributed by atoms with Gasteiger partial charge in [0.05, 0.1) is 28.1 Å². The van der Waals surface area contributed by atoms with Crippen LogP contribution in [-0.2, 0) is 6.54 Å². The Morgan fingerprint density at radius 3 is 2.95 bits per heavy atom. The highest BCUT2D eigenvalue weighted by Crippen LogP contribution is 2.34. The number of imidazole rings is 1. The molecule has 0 unspecified atom stereocenters. The third-order valence-electron chi connectivity index (χ3n) is 3.64. The van der Waals surface area contributed by atoms with Crippen molar-refractivity contribution >= 4 is 16.7 Å². The minimum absolute atomic E-state index is 0.0558. The van der Waals surface area contributed by atoms with Gasteiger partial charge in [0.1, 0.15) is 18.2 Å². The fraction of sp³-hybridized carbons (Fsp3) is 0.133. The van der Waals surface area contributed by atoms with Gasteiger partial charge in [0, 0.05) is 12.1 Å². The molecule has 1 aliphatic rings. The van der Waals surface area contributed by atoms with Crippen LogP contribution in [0.1, 0.15) is 0 Å². The van der Waals surface area contributed by atoms with E-state index in [4.69, 9.17) is 4.74 Å². The Morgan fingerprint density at radius 1 is 1.24 bits per heavy atom. The van der Waals surface area contributed by atoms with Crippen molar-refractivity contribution in [3.8, 4) is 17.1 Å². The maximum Gasteiger partial charge on any atom is 0.271 e. The Morgan fingerprint density at radius 2 is 2.10 bits per heavy atom. The van der Waals surface area contributed by atoms with E-state index in [1.165, 1.54) is 12.1 Å². The van der Waals surface area contributed by atoms with Gasteiger partial charge in [0.15, 0.2) is 0 Å². The monoisotopic (exact) mass is 281 g/mol. The second kappa shape index (κ2) is 4.31. The highest BCUT2D eigenvalue weighted by Gasteiger charge is 2.20. The van der Waals surface area contributed by atoms with Crippen molar-refractivity contribution in [2.75, 3.05) is 6.61 Å². The van der Waals surface area contributed by atoms with Gasteiger partial charge in [-0.15, -0.1) is 0 Å². The number of aromatic nitrogens is 2. The van der Waals surface area contributed by atoms with Crippen LogP contribution >= 0.6 is 0 Å².